The van der Waals surface area contributed by atoms with Crippen LogP contribution < -0.4 is 10.1 Å². The van der Waals surface area contributed by atoms with Gasteiger partial charge in [-0.25, -0.2) is 4.79 Å². The van der Waals surface area contributed by atoms with Crippen LogP contribution in [0.4, 0.5) is 4.79 Å². The summed E-state index contributed by atoms with van der Waals surface area (Å²) in [5.41, 5.74) is 2.03. The van der Waals surface area contributed by atoms with Gasteiger partial charge >= 0.3 is 6.03 Å². The molecule has 3 amide bonds. The molecule has 1 N–H and O–H groups in total. The molecular formula is C22H18N2O3. The van der Waals surface area contributed by atoms with Crippen LogP contribution in [0.2, 0.25) is 0 Å². The molecule has 5 nitrogen and oxygen atoms in total. The van der Waals surface area contributed by atoms with E-state index >= 15 is 0 Å². The number of imide groups is 1. The highest BCUT2D eigenvalue weighted by Gasteiger charge is 2.30. The Hall–Kier alpha value is -3.60. The number of urea groups is 1. The van der Waals surface area contributed by atoms with E-state index in [1.54, 1.807) is 6.08 Å². The van der Waals surface area contributed by atoms with E-state index in [4.69, 9.17) is 4.74 Å². The summed E-state index contributed by atoms with van der Waals surface area (Å²) in [6.45, 7) is 0.408. The smallest absolute Gasteiger partial charge is 0.328 e. The first-order valence-corrected chi connectivity index (χ1v) is 8.62. The molecule has 1 fully saturated rings. The highest BCUT2D eigenvalue weighted by molar-refractivity contribution is 6.13. The molecule has 27 heavy (non-hydrogen) atoms. The molecule has 3 aromatic carbocycles. The first-order valence-electron chi connectivity index (χ1n) is 8.62. The van der Waals surface area contributed by atoms with Crippen molar-refractivity contribution >= 4 is 28.8 Å². The number of ether oxygens (including phenoxy) is 1. The molecule has 3 aromatic rings. The number of rotatable bonds is 4. The lowest BCUT2D eigenvalue weighted by molar-refractivity contribution is -0.121. The molecule has 1 saturated heterocycles. The lowest BCUT2D eigenvalue weighted by Crippen LogP contribution is -2.25. The number of nitrogens with one attached hydrogen (secondary N) is 1. The van der Waals surface area contributed by atoms with Crippen molar-refractivity contribution in [2.24, 2.45) is 0 Å². The third kappa shape index (κ3) is 3.40. The van der Waals surface area contributed by atoms with Crippen molar-refractivity contribution in [2.45, 2.75) is 6.61 Å². The second kappa shape index (κ2) is 6.96. The summed E-state index contributed by atoms with van der Waals surface area (Å²) in [6, 6.07) is 21.4. The number of likely N-dealkylation sites (N-methyl/N-ethyl adjacent to an activating group) is 1. The molecule has 1 aliphatic heterocycles. The van der Waals surface area contributed by atoms with Gasteiger partial charge in [0.25, 0.3) is 5.91 Å². The summed E-state index contributed by atoms with van der Waals surface area (Å²) in [5.74, 6) is 0.291. The summed E-state index contributed by atoms with van der Waals surface area (Å²) >= 11 is 0. The molecule has 1 heterocycles. The van der Waals surface area contributed by atoms with Crippen molar-refractivity contribution in [1.82, 2.24) is 10.2 Å². The van der Waals surface area contributed by atoms with Crippen LogP contribution in [0.1, 0.15) is 11.1 Å². The molecule has 0 radical (unpaired) electrons. The summed E-state index contributed by atoms with van der Waals surface area (Å²) in [4.78, 5) is 24.7. The van der Waals surface area contributed by atoms with E-state index in [1.165, 1.54) is 12.4 Å². The number of para-hydroxylation sites is 1. The van der Waals surface area contributed by atoms with Gasteiger partial charge in [-0.1, -0.05) is 54.6 Å². The van der Waals surface area contributed by atoms with Crippen LogP contribution in [0.15, 0.2) is 72.4 Å². The number of hydrogen-bond acceptors (Lipinski definition) is 3. The molecule has 4 rings (SSSR count). The Morgan fingerprint density at radius 2 is 1.70 bits per heavy atom. The SMILES string of the molecule is CN1C(=O)N/C(=C/c2ccccc2OCc2ccc3ccccc3c2)C1=O. The van der Waals surface area contributed by atoms with Crippen LogP contribution in [0.3, 0.4) is 0 Å². The zero-order valence-electron chi connectivity index (χ0n) is 14.8. The molecule has 0 spiro atoms. The van der Waals surface area contributed by atoms with Crippen molar-refractivity contribution in [2.75, 3.05) is 7.05 Å². The Morgan fingerprint density at radius 3 is 2.48 bits per heavy atom. The largest absolute Gasteiger partial charge is 0.488 e. The minimum absolute atomic E-state index is 0.240. The zero-order valence-corrected chi connectivity index (χ0v) is 14.8. The van der Waals surface area contributed by atoms with Crippen LogP contribution in [-0.2, 0) is 11.4 Å². The maximum atomic E-state index is 12.1. The molecule has 1 aliphatic rings. The van der Waals surface area contributed by atoms with Gasteiger partial charge in [0.2, 0.25) is 0 Å². The van der Waals surface area contributed by atoms with Gasteiger partial charge in [-0.2, -0.15) is 0 Å². The summed E-state index contributed by atoms with van der Waals surface area (Å²) in [6.07, 6.45) is 1.64. The first kappa shape index (κ1) is 16.8. The second-order valence-corrected chi connectivity index (χ2v) is 6.36. The van der Waals surface area contributed by atoms with E-state index in [0.717, 1.165) is 21.4 Å². The fraction of sp³-hybridized carbons (Fsp3) is 0.0909. The minimum Gasteiger partial charge on any atom is -0.488 e. The van der Waals surface area contributed by atoms with Crippen molar-refractivity contribution in [1.29, 1.82) is 0 Å². The third-order valence-corrected chi connectivity index (χ3v) is 4.51. The van der Waals surface area contributed by atoms with E-state index in [2.05, 4.69) is 29.6 Å². The summed E-state index contributed by atoms with van der Waals surface area (Å²) in [7, 11) is 1.45. The maximum Gasteiger partial charge on any atom is 0.328 e. The number of nitrogens with zero attached hydrogens (tertiary/aromatic N) is 1. The molecule has 0 atom stereocenters. The van der Waals surface area contributed by atoms with Crippen LogP contribution in [0.25, 0.3) is 16.8 Å². The van der Waals surface area contributed by atoms with Gasteiger partial charge in [-0.15, -0.1) is 0 Å². The van der Waals surface area contributed by atoms with Gasteiger partial charge in [-0.3, -0.25) is 9.69 Å². The van der Waals surface area contributed by atoms with E-state index in [9.17, 15) is 9.59 Å². The fourth-order valence-corrected chi connectivity index (χ4v) is 3.00. The zero-order chi connectivity index (χ0) is 18.8. The van der Waals surface area contributed by atoms with Gasteiger partial charge in [0.1, 0.15) is 18.1 Å². The molecule has 0 saturated carbocycles. The van der Waals surface area contributed by atoms with Gasteiger partial charge < -0.3 is 10.1 Å². The van der Waals surface area contributed by atoms with Crippen LogP contribution >= 0.6 is 0 Å². The predicted molar refractivity (Wildman–Crippen MR) is 104 cm³/mol. The number of hydrogen-bond donors (Lipinski definition) is 1. The highest BCUT2D eigenvalue weighted by Crippen LogP contribution is 2.24. The van der Waals surface area contributed by atoms with E-state index in [1.807, 2.05) is 42.5 Å². The molecule has 0 aromatic heterocycles. The highest BCUT2D eigenvalue weighted by atomic mass is 16.5. The van der Waals surface area contributed by atoms with Crippen molar-refractivity contribution < 1.29 is 14.3 Å². The number of benzene rings is 3. The van der Waals surface area contributed by atoms with Gasteiger partial charge in [0.15, 0.2) is 0 Å². The average Bonchev–Trinajstić information content (AvgIpc) is 2.94. The lowest BCUT2D eigenvalue weighted by Gasteiger charge is -2.10. The summed E-state index contributed by atoms with van der Waals surface area (Å²) < 4.78 is 5.99. The standard InChI is InChI=1S/C22H18N2O3/c1-24-21(25)19(23-22(24)26)13-18-8-4-5-9-20(18)27-14-15-10-11-16-6-2-3-7-17(16)12-15/h2-13H,14H2,1H3,(H,23,26)/b19-13+. The van der Waals surface area contributed by atoms with E-state index in [-0.39, 0.29) is 11.6 Å². The maximum absolute atomic E-state index is 12.1. The Morgan fingerprint density at radius 1 is 0.963 bits per heavy atom. The normalized spacial score (nSPS) is 15.4. The number of fused-ring (bicyclic) bond motifs is 1. The lowest BCUT2D eigenvalue weighted by atomic mass is 10.1. The Labute approximate surface area is 156 Å². The van der Waals surface area contributed by atoms with Crippen molar-refractivity contribution in [3.63, 3.8) is 0 Å². The average molecular weight is 358 g/mol. The minimum atomic E-state index is -0.430. The molecule has 5 heteroatoms. The van der Waals surface area contributed by atoms with Gasteiger partial charge in [-0.05, 0) is 34.5 Å². The molecule has 0 unspecified atom stereocenters. The number of carbonyl (C=O) groups is 2. The van der Waals surface area contributed by atoms with E-state index in [0.29, 0.717) is 12.4 Å². The Kier molecular flexibility index (Phi) is 4.34. The first-order chi connectivity index (χ1) is 13.1. The van der Waals surface area contributed by atoms with Crippen molar-refractivity contribution in [3.8, 4) is 5.75 Å². The monoisotopic (exact) mass is 358 g/mol. The van der Waals surface area contributed by atoms with Gasteiger partial charge in [0, 0.05) is 12.6 Å². The second-order valence-electron chi connectivity index (χ2n) is 6.36. The van der Waals surface area contributed by atoms with Crippen LogP contribution in [0.5, 0.6) is 5.75 Å². The molecule has 0 aliphatic carbocycles. The number of carbonyl (C=O) groups excluding carboxylic acids is 2. The quantitative estimate of drug-likeness (QED) is 0.568. The van der Waals surface area contributed by atoms with E-state index < -0.39 is 6.03 Å². The third-order valence-electron chi connectivity index (χ3n) is 4.51. The van der Waals surface area contributed by atoms with Crippen LogP contribution in [0, 0.1) is 0 Å². The topological polar surface area (TPSA) is 58.6 Å². The molecule has 134 valence electrons. The van der Waals surface area contributed by atoms with Crippen molar-refractivity contribution in [3.05, 3.63) is 83.6 Å². The van der Waals surface area contributed by atoms with Crippen LogP contribution in [-0.4, -0.2) is 23.9 Å². The Bertz CT molecular complexity index is 1070. The molecule has 0 bridgehead atoms. The summed E-state index contributed by atoms with van der Waals surface area (Å²) in [5, 5.41) is 4.92. The van der Waals surface area contributed by atoms with Gasteiger partial charge in [0.05, 0.1) is 0 Å². The number of amides is 3. The predicted octanol–water partition coefficient (Wildman–Crippen LogP) is 3.94. The Balaban J connectivity index is 1.56. The molecular weight excluding hydrogens is 340 g/mol. The fourth-order valence-electron chi connectivity index (χ4n) is 3.00.